The average Bonchev–Trinajstić information content (AvgIpc) is 2.57. The fourth-order valence-corrected chi connectivity index (χ4v) is 3.45. The molecule has 1 aromatic heterocycles. The van der Waals surface area contributed by atoms with E-state index in [2.05, 4.69) is 32.3 Å². The second-order valence-electron chi connectivity index (χ2n) is 6.52. The van der Waals surface area contributed by atoms with Gasteiger partial charge in [0.2, 0.25) is 0 Å². The Morgan fingerprint density at radius 1 is 1.17 bits per heavy atom. The maximum Gasteiger partial charge on any atom is 0.291 e. The molecule has 126 valence electrons. The van der Waals surface area contributed by atoms with Crippen molar-refractivity contribution >= 4 is 11.5 Å². The van der Waals surface area contributed by atoms with E-state index in [0.717, 1.165) is 32.0 Å². The van der Waals surface area contributed by atoms with Crippen molar-refractivity contribution in [2.24, 2.45) is 0 Å². The Bertz CT molecular complexity index is 731. The molecule has 24 heavy (non-hydrogen) atoms. The Labute approximate surface area is 140 Å². The number of rotatable bonds is 4. The van der Waals surface area contributed by atoms with Gasteiger partial charge in [-0.3, -0.25) is 9.69 Å². The third-order valence-corrected chi connectivity index (χ3v) is 5.02. The molecule has 0 atom stereocenters. The lowest BCUT2D eigenvalue weighted by Gasteiger charge is -2.41. The molecule has 1 aromatic carbocycles. The van der Waals surface area contributed by atoms with Crippen LogP contribution in [0.15, 0.2) is 41.5 Å². The van der Waals surface area contributed by atoms with Gasteiger partial charge >= 0.3 is 0 Å². The van der Waals surface area contributed by atoms with Crippen LogP contribution in [0.4, 0.5) is 11.5 Å². The van der Waals surface area contributed by atoms with E-state index in [1.54, 1.807) is 6.20 Å². The zero-order valence-corrected chi connectivity index (χ0v) is 13.6. The van der Waals surface area contributed by atoms with Crippen molar-refractivity contribution < 1.29 is 4.74 Å². The van der Waals surface area contributed by atoms with Crippen LogP contribution in [-0.4, -0.2) is 47.2 Å². The van der Waals surface area contributed by atoms with E-state index in [-0.39, 0.29) is 5.56 Å². The predicted molar refractivity (Wildman–Crippen MR) is 92.7 cm³/mol. The van der Waals surface area contributed by atoms with Gasteiger partial charge in [0.15, 0.2) is 5.82 Å². The Kier molecular flexibility index (Phi) is 4.32. The van der Waals surface area contributed by atoms with E-state index in [9.17, 15) is 4.79 Å². The zero-order chi connectivity index (χ0) is 16.4. The number of benzene rings is 1. The highest BCUT2D eigenvalue weighted by Gasteiger charge is 2.29. The number of likely N-dealkylation sites (tertiary alicyclic amines) is 1. The molecule has 2 fully saturated rings. The molecule has 0 radical (unpaired) electrons. The van der Waals surface area contributed by atoms with Gasteiger partial charge in [-0.25, -0.2) is 4.98 Å². The average molecular weight is 326 g/mol. The first-order valence-corrected chi connectivity index (χ1v) is 8.52. The van der Waals surface area contributed by atoms with Gasteiger partial charge in [-0.2, -0.15) is 0 Å². The van der Waals surface area contributed by atoms with E-state index in [0.29, 0.717) is 17.8 Å². The van der Waals surface area contributed by atoms with E-state index in [1.807, 2.05) is 12.1 Å². The number of nitrogens with one attached hydrogen (secondary N) is 2. The number of hydrogen-bond acceptors (Lipinski definition) is 5. The minimum absolute atomic E-state index is 0.214. The SMILES string of the molecule is O=c1[nH]ccnc1Nc1ccc(C2CCN(C3COC3)CC2)cc1. The molecule has 0 saturated carbocycles. The maximum absolute atomic E-state index is 11.7. The topological polar surface area (TPSA) is 70.2 Å². The summed E-state index contributed by atoms with van der Waals surface area (Å²) < 4.78 is 5.29. The Balaban J connectivity index is 1.37. The third-order valence-electron chi connectivity index (χ3n) is 5.02. The summed E-state index contributed by atoms with van der Waals surface area (Å²) in [7, 11) is 0. The van der Waals surface area contributed by atoms with E-state index < -0.39 is 0 Å². The van der Waals surface area contributed by atoms with E-state index in [1.165, 1.54) is 24.6 Å². The first-order valence-electron chi connectivity index (χ1n) is 8.52. The maximum atomic E-state index is 11.7. The van der Waals surface area contributed by atoms with Gasteiger partial charge in [0.1, 0.15) is 0 Å². The van der Waals surface area contributed by atoms with Crippen LogP contribution in [0.25, 0.3) is 0 Å². The fraction of sp³-hybridized carbons (Fsp3) is 0.444. The molecule has 2 N–H and O–H groups in total. The van der Waals surface area contributed by atoms with Crippen molar-refractivity contribution in [3.63, 3.8) is 0 Å². The number of aromatic amines is 1. The van der Waals surface area contributed by atoms with Crippen molar-refractivity contribution in [1.29, 1.82) is 0 Å². The Morgan fingerprint density at radius 2 is 1.92 bits per heavy atom. The van der Waals surface area contributed by atoms with Crippen LogP contribution >= 0.6 is 0 Å². The fourth-order valence-electron chi connectivity index (χ4n) is 3.45. The summed E-state index contributed by atoms with van der Waals surface area (Å²) in [6.45, 7) is 4.11. The van der Waals surface area contributed by atoms with E-state index in [4.69, 9.17) is 4.74 Å². The molecule has 0 aliphatic carbocycles. The molecule has 0 unspecified atom stereocenters. The highest BCUT2D eigenvalue weighted by Crippen LogP contribution is 2.30. The van der Waals surface area contributed by atoms with Crippen LogP contribution in [0.1, 0.15) is 24.3 Å². The standard InChI is InChI=1S/C18H22N4O2/c23-18-17(19-7-8-20-18)21-15-3-1-13(2-4-15)14-5-9-22(10-6-14)16-11-24-12-16/h1-4,7-8,14,16H,5-6,9-12H2,(H,19,21)(H,20,23). The van der Waals surface area contributed by atoms with Crippen LogP contribution in [0.3, 0.4) is 0 Å². The number of ether oxygens (including phenoxy) is 1. The first kappa shape index (κ1) is 15.4. The van der Waals surface area contributed by atoms with Gasteiger partial charge in [0, 0.05) is 18.1 Å². The summed E-state index contributed by atoms with van der Waals surface area (Å²) >= 11 is 0. The predicted octanol–water partition coefficient (Wildman–Crippen LogP) is 2.09. The van der Waals surface area contributed by atoms with Gasteiger partial charge < -0.3 is 15.0 Å². The van der Waals surface area contributed by atoms with Crippen LogP contribution in [0.5, 0.6) is 0 Å². The summed E-state index contributed by atoms with van der Waals surface area (Å²) in [6.07, 6.45) is 5.49. The second kappa shape index (κ2) is 6.75. The molecule has 0 bridgehead atoms. The molecule has 2 aliphatic heterocycles. The molecular weight excluding hydrogens is 304 g/mol. The lowest BCUT2D eigenvalue weighted by Crippen LogP contribution is -2.51. The number of piperidine rings is 1. The molecule has 6 heteroatoms. The minimum Gasteiger partial charge on any atom is -0.378 e. The summed E-state index contributed by atoms with van der Waals surface area (Å²) in [5.41, 5.74) is 2.04. The molecule has 2 aliphatic rings. The van der Waals surface area contributed by atoms with Crippen LogP contribution in [-0.2, 0) is 4.74 Å². The molecular formula is C18H22N4O2. The van der Waals surface area contributed by atoms with Crippen LogP contribution in [0.2, 0.25) is 0 Å². The molecule has 0 spiro atoms. The normalized spacial score (nSPS) is 19.8. The summed E-state index contributed by atoms with van der Waals surface area (Å²) in [5, 5.41) is 3.06. The Morgan fingerprint density at radius 3 is 2.54 bits per heavy atom. The number of H-pyrrole nitrogens is 1. The molecule has 2 aromatic rings. The third kappa shape index (κ3) is 3.20. The molecule has 0 amide bonds. The highest BCUT2D eigenvalue weighted by atomic mass is 16.5. The Hall–Kier alpha value is -2.18. The monoisotopic (exact) mass is 326 g/mol. The van der Waals surface area contributed by atoms with Crippen molar-refractivity contribution in [2.45, 2.75) is 24.8 Å². The second-order valence-corrected chi connectivity index (χ2v) is 6.52. The van der Waals surface area contributed by atoms with Gasteiger partial charge in [0.05, 0.1) is 19.3 Å². The number of aromatic nitrogens is 2. The first-order chi connectivity index (χ1) is 11.8. The van der Waals surface area contributed by atoms with Gasteiger partial charge in [-0.15, -0.1) is 0 Å². The lowest BCUT2D eigenvalue weighted by atomic mass is 9.88. The molecule has 6 nitrogen and oxygen atoms in total. The summed E-state index contributed by atoms with van der Waals surface area (Å²) in [4.78, 5) is 20.9. The van der Waals surface area contributed by atoms with Crippen molar-refractivity contribution in [3.05, 3.63) is 52.6 Å². The largest absolute Gasteiger partial charge is 0.378 e. The van der Waals surface area contributed by atoms with Crippen LogP contribution in [0, 0.1) is 0 Å². The van der Waals surface area contributed by atoms with Crippen molar-refractivity contribution in [2.75, 3.05) is 31.6 Å². The van der Waals surface area contributed by atoms with Crippen LogP contribution < -0.4 is 10.9 Å². The summed E-state index contributed by atoms with van der Waals surface area (Å²) in [5.74, 6) is 0.941. The molecule has 4 rings (SSSR count). The van der Waals surface area contributed by atoms with Gasteiger partial charge in [-0.05, 0) is 49.5 Å². The van der Waals surface area contributed by atoms with Crippen molar-refractivity contribution in [3.8, 4) is 0 Å². The molecule has 3 heterocycles. The minimum atomic E-state index is -0.214. The smallest absolute Gasteiger partial charge is 0.291 e. The number of nitrogens with zero attached hydrogens (tertiary/aromatic N) is 2. The van der Waals surface area contributed by atoms with Crippen molar-refractivity contribution in [1.82, 2.24) is 14.9 Å². The van der Waals surface area contributed by atoms with E-state index >= 15 is 0 Å². The van der Waals surface area contributed by atoms with Gasteiger partial charge in [0.25, 0.3) is 5.56 Å². The van der Waals surface area contributed by atoms with Gasteiger partial charge in [-0.1, -0.05) is 12.1 Å². The number of anilines is 2. The zero-order valence-electron chi connectivity index (χ0n) is 13.6. The lowest BCUT2D eigenvalue weighted by molar-refractivity contribution is -0.0712. The highest BCUT2D eigenvalue weighted by molar-refractivity contribution is 5.55. The molecule has 2 saturated heterocycles. The summed E-state index contributed by atoms with van der Waals surface area (Å²) in [6, 6.07) is 9.01. The quantitative estimate of drug-likeness (QED) is 0.900. The number of hydrogen-bond donors (Lipinski definition) is 2.